The van der Waals surface area contributed by atoms with Gasteiger partial charge in [-0.15, -0.1) is 0 Å². The van der Waals surface area contributed by atoms with Crippen molar-refractivity contribution in [3.05, 3.63) is 83.9 Å². The summed E-state index contributed by atoms with van der Waals surface area (Å²) < 4.78 is 15.2. The highest BCUT2D eigenvalue weighted by molar-refractivity contribution is 7.82. The Hall–Kier alpha value is -3.36. The number of carbonyl (C=O) groups is 2. The molecule has 7 nitrogen and oxygen atoms in total. The highest BCUT2D eigenvalue weighted by atomic mass is 32.2. The van der Waals surface area contributed by atoms with Gasteiger partial charge in [0.2, 0.25) is 5.91 Å². The van der Waals surface area contributed by atoms with Crippen molar-refractivity contribution in [2.45, 2.75) is 50.5 Å². The van der Waals surface area contributed by atoms with E-state index in [9.17, 15) is 13.8 Å². The molecule has 8 heteroatoms. The van der Waals surface area contributed by atoms with Gasteiger partial charge >= 0.3 is 0 Å². The molecule has 214 valence electrons. The van der Waals surface area contributed by atoms with E-state index in [-0.39, 0.29) is 17.7 Å². The normalized spacial score (nSPS) is 21.6. The van der Waals surface area contributed by atoms with E-state index in [1.54, 1.807) is 0 Å². The van der Waals surface area contributed by atoms with E-state index in [2.05, 4.69) is 47.8 Å². The Morgan fingerprint density at radius 3 is 2.54 bits per heavy atom. The molecule has 0 aliphatic carbocycles. The molecule has 2 fully saturated rings. The SMILES string of the molecule is O=C(CCc1ccccc1)N1CCCC(C2=NC3(CCN(S(=O)CCc4cccc5ccccc45)CC3)C(=O)N2)C1. The van der Waals surface area contributed by atoms with Gasteiger partial charge in [0, 0.05) is 44.3 Å². The number of nitrogens with zero attached hydrogens (tertiary/aromatic N) is 3. The molecule has 0 bridgehead atoms. The first kappa shape index (κ1) is 27.8. The number of nitrogens with one attached hydrogen (secondary N) is 1. The lowest BCUT2D eigenvalue weighted by Crippen LogP contribution is -2.50. The molecule has 3 aromatic rings. The number of amidine groups is 1. The van der Waals surface area contributed by atoms with Crippen LogP contribution in [0.5, 0.6) is 0 Å². The number of hydrogen-bond acceptors (Lipinski definition) is 4. The number of piperidine rings is 2. The van der Waals surface area contributed by atoms with Crippen molar-refractivity contribution in [2.24, 2.45) is 10.9 Å². The molecular weight excluding hydrogens is 532 g/mol. The van der Waals surface area contributed by atoms with Crippen LogP contribution in [0.2, 0.25) is 0 Å². The molecule has 3 heterocycles. The number of carbonyl (C=O) groups excluding carboxylic acids is 2. The Morgan fingerprint density at radius 1 is 0.951 bits per heavy atom. The summed E-state index contributed by atoms with van der Waals surface area (Å²) in [5.74, 6) is 1.48. The summed E-state index contributed by atoms with van der Waals surface area (Å²) in [5.41, 5.74) is 1.62. The maximum absolute atomic E-state index is 13.2. The number of benzene rings is 3. The van der Waals surface area contributed by atoms with Crippen molar-refractivity contribution in [1.82, 2.24) is 14.5 Å². The fourth-order valence-electron chi connectivity index (χ4n) is 6.45. The molecule has 1 N–H and O–H groups in total. The molecule has 41 heavy (non-hydrogen) atoms. The maximum Gasteiger partial charge on any atom is 0.253 e. The Kier molecular flexibility index (Phi) is 8.30. The second kappa shape index (κ2) is 12.2. The predicted octanol–water partition coefficient (Wildman–Crippen LogP) is 4.28. The molecule has 6 rings (SSSR count). The molecule has 3 aliphatic rings. The number of fused-ring (bicyclic) bond motifs is 1. The van der Waals surface area contributed by atoms with Crippen LogP contribution in [-0.4, -0.2) is 68.5 Å². The van der Waals surface area contributed by atoms with E-state index in [0.717, 1.165) is 38.1 Å². The van der Waals surface area contributed by atoms with Crippen molar-refractivity contribution in [2.75, 3.05) is 31.9 Å². The van der Waals surface area contributed by atoms with E-state index in [1.807, 2.05) is 39.5 Å². The highest BCUT2D eigenvalue weighted by Crippen LogP contribution is 2.33. The number of aryl methyl sites for hydroxylation is 2. The number of amides is 2. The molecule has 2 atom stereocenters. The second-order valence-corrected chi connectivity index (χ2v) is 13.1. The minimum atomic E-state index is -1.11. The standard InChI is InChI=1S/C33H38N4O3S/c38-30(16-15-25-8-2-1-3-9-25)36-20-7-13-28(24-36)31-34-32(39)33(35-31)18-21-37(22-19-33)41(40)23-17-27-12-6-11-26-10-4-5-14-29(26)27/h1-6,8-12,14,28H,7,13,15-24H2,(H,34,35,39). The van der Waals surface area contributed by atoms with Crippen LogP contribution in [0, 0.1) is 5.92 Å². The maximum atomic E-state index is 13.2. The number of likely N-dealkylation sites (tertiary alicyclic amines) is 1. The van der Waals surface area contributed by atoms with Gasteiger partial charge in [-0.1, -0.05) is 72.8 Å². The monoisotopic (exact) mass is 570 g/mol. The van der Waals surface area contributed by atoms with Gasteiger partial charge < -0.3 is 10.2 Å². The largest absolute Gasteiger partial charge is 0.342 e. The zero-order valence-electron chi connectivity index (χ0n) is 23.5. The summed E-state index contributed by atoms with van der Waals surface area (Å²) in [5, 5.41) is 5.51. The Bertz CT molecular complexity index is 1460. The lowest BCUT2D eigenvalue weighted by atomic mass is 9.89. The summed E-state index contributed by atoms with van der Waals surface area (Å²) in [6.07, 6.45) is 4.94. The third kappa shape index (κ3) is 6.14. The van der Waals surface area contributed by atoms with Gasteiger partial charge in [-0.05, 0) is 60.4 Å². The topological polar surface area (TPSA) is 82.1 Å². The smallest absolute Gasteiger partial charge is 0.253 e. The van der Waals surface area contributed by atoms with Gasteiger partial charge in [-0.2, -0.15) is 0 Å². The second-order valence-electron chi connectivity index (χ2n) is 11.5. The lowest BCUT2D eigenvalue weighted by molar-refractivity contribution is -0.132. The van der Waals surface area contributed by atoms with Gasteiger partial charge in [0.05, 0.1) is 11.0 Å². The number of hydrogen-bond donors (Lipinski definition) is 1. The van der Waals surface area contributed by atoms with E-state index < -0.39 is 16.5 Å². The van der Waals surface area contributed by atoms with E-state index in [4.69, 9.17) is 4.99 Å². The third-order valence-corrected chi connectivity index (χ3v) is 10.4. The van der Waals surface area contributed by atoms with Gasteiger partial charge in [0.1, 0.15) is 11.4 Å². The van der Waals surface area contributed by atoms with Gasteiger partial charge in [-0.3, -0.25) is 14.6 Å². The molecule has 0 aromatic heterocycles. The number of aliphatic imine (C=N–C) groups is 1. The first-order valence-corrected chi connectivity index (χ1v) is 16.1. The van der Waals surface area contributed by atoms with Crippen LogP contribution in [0.25, 0.3) is 10.8 Å². The van der Waals surface area contributed by atoms with Gasteiger partial charge in [0.15, 0.2) is 0 Å². The van der Waals surface area contributed by atoms with E-state index in [0.29, 0.717) is 44.6 Å². The molecule has 2 amide bonds. The fourth-order valence-corrected chi connectivity index (χ4v) is 7.69. The Labute approximate surface area is 244 Å². The third-order valence-electron chi connectivity index (χ3n) is 8.89. The number of rotatable bonds is 8. The highest BCUT2D eigenvalue weighted by Gasteiger charge is 2.47. The van der Waals surface area contributed by atoms with Crippen LogP contribution >= 0.6 is 0 Å². The van der Waals surface area contributed by atoms with Crippen molar-refractivity contribution in [3.63, 3.8) is 0 Å². The minimum absolute atomic E-state index is 0.0405. The average Bonchev–Trinajstić information content (AvgIpc) is 3.34. The van der Waals surface area contributed by atoms with Crippen LogP contribution in [0.4, 0.5) is 0 Å². The molecule has 2 saturated heterocycles. The van der Waals surface area contributed by atoms with Crippen LogP contribution < -0.4 is 5.32 Å². The minimum Gasteiger partial charge on any atom is -0.342 e. The van der Waals surface area contributed by atoms with Crippen LogP contribution in [0.3, 0.4) is 0 Å². The zero-order chi connectivity index (χ0) is 28.2. The molecule has 1 spiro atoms. The fraction of sp³-hybridized carbons (Fsp3) is 0.424. The quantitative estimate of drug-likeness (QED) is 0.439. The van der Waals surface area contributed by atoms with Crippen LogP contribution in [-0.2, 0) is 33.4 Å². The summed E-state index contributed by atoms with van der Waals surface area (Å²) in [4.78, 5) is 33.1. The molecular formula is C33H38N4O3S. The Morgan fingerprint density at radius 2 is 1.71 bits per heavy atom. The van der Waals surface area contributed by atoms with E-state index >= 15 is 0 Å². The van der Waals surface area contributed by atoms with Crippen LogP contribution in [0.1, 0.15) is 43.2 Å². The molecule has 0 saturated carbocycles. The first-order chi connectivity index (χ1) is 20.0. The molecule has 2 unspecified atom stereocenters. The van der Waals surface area contributed by atoms with Crippen molar-refractivity contribution >= 4 is 39.4 Å². The average molecular weight is 571 g/mol. The van der Waals surface area contributed by atoms with E-state index in [1.165, 1.54) is 21.9 Å². The molecule has 0 radical (unpaired) electrons. The first-order valence-electron chi connectivity index (χ1n) is 14.8. The summed E-state index contributed by atoms with van der Waals surface area (Å²) in [6.45, 7) is 2.53. The summed E-state index contributed by atoms with van der Waals surface area (Å²) in [6, 6.07) is 24.7. The lowest BCUT2D eigenvalue weighted by Gasteiger charge is -2.34. The van der Waals surface area contributed by atoms with Crippen molar-refractivity contribution in [1.29, 1.82) is 0 Å². The molecule has 3 aromatic carbocycles. The van der Waals surface area contributed by atoms with Crippen LogP contribution in [0.15, 0.2) is 77.8 Å². The van der Waals surface area contributed by atoms with Crippen molar-refractivity contribution in [3.8, 4) is 0 Å². The Balaban J connectivity index is 1.03. The predicted molar refractivity (Wildman–Crippen MR) is 164 cm³/mol. The van der Waals surface area contributed by atoms with Gasteiger partial charge in [0.25, 0.3) is 5.91 Å². The zero-order valence-corrected chi connectivity index (χ0v) is 24.3. The summed E-state index contributed by atoms with van der Waals surface area (Å²) in [7, 11) is -1.11. The van der Waals surface area contributed by atoms with Gasteiger partial charge in [-0.25, -0.2) is 8.51 Å². The summed E-state index contributed by atoms with van der Waals surface area (Å²) >= 11 is 0. The molecule has 3 aliphatic heterocycles. The van der Waals surface area contributed by atoms with Crippen molar-refractivity contribution < 1.29 is 13.8 Å².